The molecule has 0 amide bonds. The molecule has 3 heterocycles. The number of piperidine rings is 1. The summed E-state index contributed by atoms with van der Waals surface area (Å²) in [7, 11) is -2.15. The summed E-state index contributed by atoms with van der Waals surface area (Å²) < 4.78 is 48.5. The number of benzene rings is 1. The number of sulfonamides is 1. The van der Waals surface area contributed by atoms with Crippen LogP contribution in [-0.4, -0.2) is 58.3 Å². The van der Waals surface area contributed by atoms with Crippen molar-refractivity contribution in [1.29, 1.82) is 0 Å². The number of aryl methyl sites for hydroxylation is 2. The lowest BCUT2D eigenvalue weighted by atomic mass is 10.1. The molecular weight excluding hydrogens is 449 g/mol. The highest BCUT2D eigenvalue weighted by molar-refractivity contribution is 7.89. The van der Waals surface area contributed by atoms with Gasteiger partial charge in [0.05, 0.1) is 22.8 Å². The van der Waals surface area contributed by atoms with Gasteiger partial charge in [0.25, 0.3) is 5.56 Å². The molecule has 0 atom stereocenters. The van der Waals surface area contributed by atoms with E-state index in [0.717, 1.165) is 6.42 Å². The van der Waals surface area contributed by atoms with Crippen LogP contribution in [0.5, 0.6) is 5.75 Å². The molecule has 1 N–H and O–H groups in total. The molecule has 0 aliphatic carbocycles. The molecule has 33 heavy (non-hydrogen) atoms. The van der Waals surface area contributed by atoms with Crippen LogP contribution in [0.15, 0.2) is 27.9 Å². The van der Waals surface area contributed by atoms with Gasteiger partial charge in [0.15, 0.2) is 5.52 Å². The van der Waals surface area contributed by atoms with Crippen LogP contribution in [0.4, 0.5) is 4.39 Å². The number of alkyl halides is 1. The van der Waals surface area contributed by atoms with Gasteiger partial charge in [-0.3, -0.25) is 9.48 Å². The summed E-state index contributed by atoms with van der Waals surface area (Å²) in [6.07, 6.45) is 0.866. The molecule has 0 radical (unpaired) electrons. The molecule has 3 aromatic rings. The van der Waals surface area contributed by atoms with Crippen LogP contribution >= 0.6 is 0 Å². The largest absolute Gasteiger partial charge is 0.493 e. The lowest BCUT2D eigenvalue weighted by molar-refractivity contribution is 0.210. The maximum absolute atomic E-state index is 13.5. The van der Waals surface area contributed by atoms with E-state index >= 15 is 0 Å². The van der Waals surface area contributed by atoms with Gasteiger partial charge >= 0.3 is 0 Å². The fourth-order valence-electron chi connectivity index (χ4n) is 4.13. The summed E-state index contributed by atoms with van der Waals surface area (Å²) in [6, 6.07) is 4.49. The Morgan fingerprint density at radius 3 is 2.64 bits per heavy atom. The van der Waals surface area contributed by atoms with Gasteiger partial charge in [-0.05, 0) is 44.4 Å². The SMILES string of the molecule is CCCc1nn(C)c2c(=O)[nH]c(-c3cc(S(=O)(=O)N4CCC(F)CC4)ccc3OCC)nc12. The van der Waals surface area contributed by atoms with Gasteiger partial charge < -0.3 is 9.72 Å². The zero-order chi connectivity index (χ0) is 23.8. The highest BCUT2D eigenvalue weighted by atomic mass is 32.2. The first-order chi connectivity index (χ1) is 15.8. The molecule has 0 bridgehead atoms. The molecule has 0 saturated carbocycles. The highest BCUT2D eigenvalue weighted by Crippen LogP contribution is 2.33. The third-order valence-corrected chi connectivity index (χ3v) is 7.67. The normalized spacial score (nSPS) is 15.9. The van der Waals surface area contributed by atoms with Gasteiger partial charge in [-0.1, -0.05) is 13.3 Å². The quantitative estimate of drug-likeness (QED) is 0.560. The molecule has 2 aromatic heterocycles. The fourth-order valence-corrected chi connectivity index (χ4v) is 5.63. The van der Waals surface area contributed by atoms with E-state index in [-0.39, 0.29) is 42.2 Å². The number of nitrogens with one attached hydrogen (secondary N) is 1. The number of fused-ring (bicyclic) bond motifs is 1. The van der Waals surface area contributed by atoms with E-state index < -0.39 is 16.2 Å². The van der Waals surface area contributed by atoms with Gasteiger partial charge in [-0.2, -0.15) is 9.40 Å². The van der Waals surface area contributed by atoms with Crippen LogP contribution in [0, 0.1) is 0 Å². The molecule has 1 aromatic carbocycles. The number of aromatic amines is 1. The number of ether oxygens (including phenoxy) is 1. The standard InChI is InChI=1S/C22H28FN5O4S/c1-4-6-17-19-20(27(3)26-17)22(29)25-21(24-19)16-13-15(7-8-18(16)32-5-2)33(30,31)28-11-9-14(23)10-12-28/h7-8,13-14H,4-6,9-12H2,1-3H3,(H,24,25,29). The Balaban J connectivity index is 1.85. The van der Waals surface area contributed by atoms with E-state index in [4.69, 9.17) is 4.74 Å². The lowest BCUT2D eigenvalue weighted by Crippen LogP contribution is -2.39. The molecule has 0 spiro atoms. The first kappa shape index (κ1) is 23.4. The second-order valence-corrected chi connectivity index (χ2v) is 10.0. The average Bonchev–Trinajstić information content (AvgIpc) is 3.10. The Hall–Kier alpha value is -2.79. The first-order valence-corrected chi connectivity index (χ1v) is 12.6. The van der Waals surface area contributed by atoms with Crippen molar-refractivity contribution >= 4 is 21.1 Å². The summed E-state index contributed by atoms with van der Waals surface area (Å²) in [4.78, 5) is 20.3. The van der Waals surface area contributed by atoms with Crippen molar-refractivity contribution in [3.05, 3.63) is 34.2 Å². The molecule has 1 aliphatic rings. The van der Waals surface area contributed by atoms with Crippen LogP contribution in [0.25, 0.3) is 22.4 Å². The number of nitrogens with zero attached hydrogens (tertiary/aromatic N) is 4. The van der Waals surface area contributed by atoms with E-state index in [0.29, 0.717) is 41.1 Å². The first-order valence-electron chi connectivity index (χ1n) is 11.1. The van der Waals surface area contributed by atoms with Crippen LogP contribution in [0.3, 0.4) is 0 Å². The molecule has 1 aliphatic heterocycles. The zero-order valence-electron chi connectivity index (χ0n) is 19.0. The molecule has 178 valence electrons. The summed E-state index contributed by atoms with van der Waals surface area (Å²) in [5, 5.41) is 4.43. The molecule has 1 fully saturated rings. The van der Waals surface area contributed by atoms with E-state index in [9.17, 15) is 17.6 Å². The maximum atomic E-state index is 13.5. The van der Waals surface area contributed by atoms with E-state index in [1.165, 1.54) is 21.1 Å². The second kappa shape index (κ2) is 9.22. The Kier molecular flexibility index (Phi) is 6.53. The Bertz CT molecular complexity index is 1330. The molecule has 1 saturated heterocycles. The smallest absolute Gasteiger partial charge is 0.277 e. The molecule has 0 unspecified atom stereocenters. The molecule has 11 heteroatoms. The van der Waals surface area contributed by atoms with Gasteiger partial charge in [0.1, 0.15) is 23.3 Å². The van der Waals surface area contributed by atoms with Crippen molar-refractivity contribution in [3.8, 4) is 17.1 Å². The molecule has 9 nitrogen and oxygen atoms in total. The number of rotatable bonds is 7. The summed E-state index contributed by atoms with van der Waals surface area (Å²) in [6.45, 7) is 4.44. The van der Waals surface area contributed by atoms with Crippen molar-refractivity contribution < 1.29 is 17.5 Å². The minimum Gasteiger partial charge on any atom is -0.493 e. The summed E-state index contributed by atoms with van der Waals surface area (Å²) in [5.74, 6) is 0.614. The van der Waals surface area contributed by atoms with E-state index in [1.54, 1.807) is 13.1 Å². The fraction of sp³-hybridized carbons (Fsp3) is 0.500. The minimum absolute atomic E-state index is 0.0426. The number of H-pyrrole nitrogens is 1. The Morgan fingerprint density at radius 2 is 1.97 bits per heavy atom. The third-order valence-electron chi connectivity index (χ3n) is 5.78. The van der Waals surface area contributed by atoms with Crippen LogP contribution in [0.2, 0.25) is 0 Å². The number of halogens is 1. The van der Waals surface area contributed by atoms with Crippen molar-refractivity contribution in [2.75, 3.05) is 19.7 Å². The van der Waals surface area contributed by atoms with Gasteiger partial charge in [-0.15, -0.1) is 0 Å². The van der Waals surface area contributed by atoms with Crippen molar-refractivity contribution in [2.45, 2.75) is 50.6 Å². The Morgan fingerprint density at radius 1 is 1.24 bits per heavy atom. The number of hydrogen-bond donors (Lipinski definition) is 1. The van der Waals surface area contributed by atoms with Gasteiger partial charge in [0.2, 0.25) is 10.0 Å². The van der Waals surface area contributed by atoms with Gasteiger partial charge in [0, 0.05) is 20.1 Å². The predicted molar refractivity (Wildman–Crippen MR) is 123 cm³/mol. The van der Waals surface area contributed by atoms with Crippen LogP contribution < -0.4 is 10.3 Å². The lowest BCUT2D eigenvalue weighted by Gasteiger charge is -2.28. The predicted octanol–water partition coefficient (Wildman–Crippen LogP) is 2.80. The number of aromatic nitrogens is 4. The second-order valence-electron chi connectivity index (χ2n) is 8.10. The molecule has 4 rings (SSSR count). The van der Waals surface area contributed by atoms with Crippen molar-refractivity contribution in [1.82, 2.24) is 24.1 Å². The monoisotopic (exact) mass is 477 g/mol. The van der Waals surface area contributed by atoms with Crippen molar-refractivity contribution in [3.63, 3.8) is 0 Å². The van der Waals surface area contributed by atoms with Crippen LogP contribution in [0.1, 0.15) is 38.8 Å². The van der Waals surface area contributed by atoms with E-state index in [2.05, 4.69) is 15.1 Å². The topological polar surface area (TPSA) is 110 Å². The highest BCUT2D eigenvalue weighted by Gasteiger charge is 2.30. The van der Waals surface area contributed by atoms with Crippen molar-refractivity contribution in [2.24, 2.45) is 7.05 Å². The Labute approximate surface area is 191 Å². The zero-order valence-corrected chi connectivity index (χ0v) is 19.8. The number of hydrogen-bond acceptors (Lipinski definition) is 6. The minimum atomic E-state index is -3.84. The summed E-state index contributed by atoms with van der Waals surface area (Å²) in [5.41, 5.74) is 1.55. The van der Waals surface area contributed by atoms with Crippen LogP contribution in [-0.2, 0) is 23.5 Å². The average molecular weight is 478 g/mol. The maximum Gasteiger partial charge on any atom is 0.277 e. The third kappa shape index (κ3) is 4.39. The van der Waals surface area contributed by atoms with E-state index in [1.807, 2.05) is 13.8 Å². The summed E-state index contributed by atoms with van der Waals surface area (Å²) >= 11 is 0. The van der Waals surface area contributed by atoms with Gasteiger partial charge in [-0.25, -0.2) is 17.8 Å². The molecular formula is C22H28FN5O4S.